The molecule has 2 aromatic rings. The summed E-state index contributed by atoms with van der Waals surface area (Å²) in [5.41, 5.74) is 3.10. The van der Waals surface area contributed by atoms with Crippen LogP contribution in [0.4, 0.5) is 11.4 Å². The van der Waals surface area contributed by atoms with Crippen LogP contribution in [-0.2, 0) is 20.7 Å². The Morgan fingerprint density at radius 2 is 1.77 bits per heavy atom. The number of aryl methyl sites for hydroxylation is 2. The van der Waals surface area contributed by atoms with E-state index < -0.39 is 23.4 Å². The number of nitrogens with zero attached hydrogens (tertiary/aromatic N) is 1. The number of ether oxygens (including phenoxy) is 1. The van der Waals surface area contributed by atoms with Gasteiger partial charge in [0.25, 0.3) is 11.6 Å². The molecule has 0 radical (unpaired) electrons. The van der Waals surface area contributed by atoms with Gasteiger partial charge in [0, 0.05) is 6.07 Å². The largest absolute Gasteiger partial charge is 0.455 e. The minimum atomic E-state index is -0.625. The predicted molar refractivity (Wildman–Crippen MR) is 97.0 cm³/mol. The quantitative estimate of drug-likeness (QED) is 0.487. The van der Waals surface area contributed by atoms with Crippen LogP contribution in [0.15, 0.2) is 36.4 Å². The van der Waals surface area contributed by atoms with Gasteiger partial charge in [-0.1, -0.05) is 30.3 Å². The zero-order valence-corrected chi connectivity index (χ0v) is 14.9. The van der Waals surface area contributed by atoms with Gasteiger partial charge in [0.2, 0.25) is 0 Å². The summed E-state index contributed by atoms with van der Waals surface area (Å²) in [6.45, 7) is 4.85. The van der Waals surface area contributed by atoms with E-state index in [1.54, 1.807) is 19.9 Å². The van der Waals surface area contributed by atoms with Crippen LogP contribution in [0, 0.1) is 30.9 Å². The van der Waals surface area contributed by atoms with Crippen molar-refractivity contribution >= 4 is 23.3 Å². The molecule has 26 heavy (non-hydrogen) atoms. The van der Waals surface area contributed by atoms with Crippen molar-refractivity contribution in [2.24, 2.45) is 0 Å². The molecule has 1 amide bonds. The highest BCUT2D eigenvalue weighted by atomic mass is 16.6. The Kier molecular flexibility index (Phi) is 6.06. The molecule has 2 rings (SSSR count). The van der Waals surface area contributed by atoms with Gasteiger partial charge in [0.15, 0.2) is 6.61 Å². The van der Waals surface area contributed by atoms with Crippen LogP contribution in [0.5, 0.6) is 0 Å². The van der Waals surface area contributed by atoms with E-state index in [4.69, 9.17) is 4.74 Å². The molecule has 0 saturated heterocycles. The number of anilines is 1. The average molecular weight is 356 g/mol. The molecule has 0 spiro atoms. The van der Waals surface area contributed by atoms with Gasteiger partial charge in [-0.25, -0.2) is 0 Å². The number of carbonyl (C=O) groups excluding carboxylic acids is 2. The van der Waals surface area contributed by atoms with E-state index in [9.17, 15) is 19.7 Å². The fourth-order valence-corrected chi connectivity index (χ4v) is 2.45. The third-order valence-corrected chi connectivity index (χ3v) is 4.14. The van der Waals surface area contributed by atoms with Gasteiger partial charge >= 0.3 is 5.97 Å². The van der Waals surface area contributed by atoms with Crippen molar-refractivity contribution in [3.8, 4) is 0 Å². The number of carbonyl (C=O) groups is 2. The number of esters is 1. The Balaban J connectivity index is 1.99. The SMILES string of the molecule is Cc1ccccc1CC(=O)OCC(=O)Nc1c([N+](=O)[O-])ccc(C)c1C. The zero-order chi connectivity index (χ0) is 19.3. The van der Waals surface area contributed by atoms with Crippen LogP contribution in [0.1, 0.15) is 22.3 Å². The molecule has 0 aliphatic carbocycles. The van der Waals surface area contributed by atoms with E-state index in [0.29, 0.717) is 5.56 Å². The molecule has 0 aromatic heterocycles. The molecule has 1 N–H and O–H groups in total. The van der Waals surface area contributed by atoms with Crippen LogP contribution < -0.4 is 5.32 Å². The summed E-state index contributed by atoms with van der Waals surface area (Å²) < 4.78 is 4.98. The van der Waals surface area contributed by atoms with Crippen LogP contribution in [0.3, 0.4) is 0 Å². The van der Waals surface area contributed by atoms with Gasteiger partial charge < -0.3 is 10.1 Å². The van der Waals surface area contributed by atoms with Crippen molar-refractivity contribution in [2.75, 3.05) is 11.9 Å². The first-order valence-corrected chi connectivity index (χ1v) is 8.04. The number of amides is 1. The molecular weight excluding hydrogens is 336 g/mol. The van der Waals surface area contributed by atoms with Crippen LogP contribution in [0.2, 0.25) is 0 Å². The van der Waals surface area contributed by atoms with Gasteiger partial charge in [-0.15, -0.1) is 0 Å². The van der Waals surface area contributed by atoms with Gasteiger partial charge in [-0.05, 0) is 43.0 Å². The fraction of sp³-hybridized carbons (Fsp3) is 0.263. The average Bonchev–Trinajstić information content (AvgIpc) is 2.59. The maximum Gasteiger partial charge on any atom is 0.310 e. The molecule has 7 nitrogen and oxygen atoms in total. The van der Waals surface area contributed by atoms with Crippen LogP contribution in [0.25, 0.3) is 0 Å². The lowest BCUT2D eigenvalue weighted by atomic mass is 10.1. The second-order valence-electron chi connectivity index (χ2n) is 5.97. The normalized spacial score (nSPS) is 10.3. The number of nitro groups is 1. The summed E-state index contributed by atoms with van der Waals surface area (Å²) in [6.07, 6.45) is 0.0591. The maximum absolute atomic E-state index is 12.1. The molecule has 136 valence electrons. The van der Waals surface area contributed by atoms with Gasteiger partial charge in [0.1, 0.15) is 5.69 Å². The van der Waals surface area contributed by atoms with E-state index in [-0.39, 0.29) is 17.8 Å². The van der Waals surface area contributed by atoms with E-state index in [1.807, 2.05) is 31.2 Å². The summed E-state index contributed by atoms with van der Waals surface area (Å²) >= 11 is 0. The Bertz CT molecular complexity index is 861. The molecule has 2 aromatic carbocycles. The third kappa shape index (κ3) is 4.66. The number of nitro benzene ring substituents is 1. The molecular formula is C19H20N2O5. The lowest BCUT2D eigenvalue weighted by Crippen LogP contribution is -2.22. The maximum atomic E-state index is 12.1. The number of hydrogen-bond acceptors (Lipinski definition) is 5. The van der Waals surface area contributed by atoms with Crippen LogP contribution in [-0.4, -0.2) is 23.4 Å². The molecule has 0 fully saturated rings. The van der Waals surface area contributed by atoms with Crippen molar-refractivity contribution < 1.29 is 19.2 Å². The van der Waals surface area contributed by atoms with Gasteiger partial charge in [-0.3, -0.25) is 19.7 Å². The van der Waals surface area contributed by atoms with Gasteiger partial charge in [-0.2, -0.15) is 0 Å². The molecule has 0 unspecified atom stereocenters. The summed E-state index contributed by atoms with van der Waals surface area (Å²) in [5, 5.41) is 13.6. The van der Waals surface area contributed by atoms with E-state index >= 15 is 0 Å². The minimum Gasteiger partial charge on any atom is -0.455 e. The summed E-state index contributed by atoms with van der Waals surface area (Å²) in [4.78, 5) is 34.5. The molecule has 0 bridgehead atoms. The minimum absolute atomic E-state index is 0.0591. The topological polar surface area (TPSA) is 98.5 Å². The first-order chi connectivity index (χ1) is 12.3. The van der Waals surface area contributed by atoms with E-state index in [1.165, 1.54) is 6.07 Å². The van der Waals surface area contributed by atoms with Crippen molar-refractivity contribution in [1.29, 1.82) is 0 Å². The molecule has 0 heterocycles. The van der Waals surface area contributed by atoms with E-state index in [0.717, 1.165) is 16.7 Å². The predicted octanol–water partition coefficient (Wildman–Crippen LogP) is 3.24. The highest BCUT2D eigenvalue weighted by molar-refractivity contribution is 5.96. The fourth-order valence-electron chi connectivity index (χ4n) is 2.45. The first kappa shape index (κ1) is 19.1. The van der Waals surface area contributed by atoms with Crippen molar-refractivity contribution in [2.45, 2.75) is 27.2 Å². The molecule has 0 aliphatic rings. The van der Waals surface area contributed by atoms with E-state index in [2.05, 4.69) is 5.32 Å². The van der Waals surface area contributed by atoms with Crippen molar-refractivity contribution in [1.82, 2.24) is 0 Å². The Morgan fingerprint density at radius 1 is 1.08 bits per heavy atom. The second kappa shape index (κ2) is 8.24. The Morgan fingerprint density at radius 3 is 2.42 bits per heavy atom. The second-order valence-corrected chi connectivity index (χ2v) is 5.97. The Hall–Kier alpha value is -3.22. The number of benzene rings is 2. The number of hydrogen-bond donors (Lipinski definition) is 1. The summed E-state index contributed by atoms with van der Waals surface area (Å²) in [5.74, 6) is -1.16. The van der Waals surface area contributed by atoms with Gasteiger partial charge in [0.05, 0.1) is 11.3 Å². The van der Waals surface area contributed by atoms with Crippen molar-refractivity contribution in [3.05, 3.63) is 68.8 Å². The summed E-state index contributed by atoms with van der Waals surface area (Å²) in [6, 6.07) is 10.3. The lowest BCUT2D eigenvalue weighted by Gasteiger charge is -2.11. The molecule has 0 atom stereocenters. The van der Waals surface area contributed by atoms with Crippen LogP contribution >= 0.6 is 0 Å². The van der Waals surface area contributed by atoms with Crippen molar-refractivity contribution in [3.63, 3.8) is 0 Å². The monoisotopic (exact) mass is 356 g/mol. The standard InChI is InChI=1S/C19H20N2O5/c1-12-8-9-16(21(24)25)19(14(12)3)20-17(22)11-26-18(23)10-15-7-5-4-6-13(15)2/h4-9H,10-11H2,1-3H3,(H,20,22). The highest BCUT2D eigenvalue weighted by Crippen LogP contribution is 2.30. The third-order valence-electron chi connectivity index (χ3n) is 4.14. The first-order valence-electron chi connectivity index (χ1n) is 8.04. The molecule has 7 heteroatoms. The number of nitrogens with one attached hydrogen (secondary N) is 1. The smallest absolute Gasteiger partial charge is 0.310 e. The summed E-state index contributed by atoms with van der Waals surface area (Å²) in [7, 11) is 0. The molecule has 0 saturated carbocycles. The number of rotatable bonds is 6. The Labute approximate surface area is 151 Å². The molecule has 0 aliphatic heterocycles. The highest BCUT2D eigenvalue weighted by Gasteiger charge is 2.20. The lowest BCUT2D eigenvalue weighted by molar-refractivity contribution is -0.384. The zero-order valence-electron chi connectivity index (χ0n) is 14.9.